The maximum atomic E-state index is 8.79. The van der Waals surface area contributed by atoms with Gasteiger partial charge in [0.15, 0.2) is 0 Å². The molecule has 0 saturated heterocycles. The summed E-state index contributed by atoms with van der Waals surface area (Å²) in [4.78, 5) is 0. The van der Waals surface area contributed by atoms with Crippen molar-refractivity contribution in [1.82, 2.24) is 0 Å². The molecule has 3 aromatic rings. The lowest BCUT2D eigenvalue weighted by Gasteiger charge is -1.92. The van der Waals surface area contributed by atoms with Crippen molar-refractivity contribution < 1.29 is 15.3 Å². The predicted molar refractivity (Wildman–Crippen MR) is 93.1 cm³/mol. The number of hydrogen-bond donors (Lipinski definition) is 5. The van der Waals surface area contributed by atoms with Gasteiger partial charge in [-0.1, -0.05) is 42.5 Å². The van der Waals surface area contributed by atoms with Gasteiger partial charge < -0.3 is 26.8 Å². The Kier molecular flexibility index (Phi) is 7.37. The van der Waals surface area contributed by atoms with Crippen molar-refractivity contribution in [3.8, 4) is 17.2 Å². The van der Waals surface area contributed by atoms with E-state index in [1.54, 1.807) is 72.8 Å². The van der Waals surface area contributed by atoms with E-state index in [9.17, 15) is 0 Å². The maximum Gasteiger partial charge on any atom is 0.138 e. The molecule has 0 aromatic heterocycles. The first kappa shape index (κ1) is 17.7. The van der Waals surface area contributed by atoms with E-state index in [1.165, 1.54) is 0 Å². The maximum absolute atomic E-state index is 8.79. The van der Waals surface area contributed by atoms with Crippen LogP contribution in [0.4, 0.5) is 11.4 Å². The van der Waals surface area contributed by atoms with Gasteiger partial charge in [0, 0.05) is 0 Å². The molecule has 0 bridgehead atoms. The largest absolute Gasteiger partial charge is 0.508 e. The normalized spacial score (nSPS) is 8.87. The summed E-state index contributed by atoms with van der Waals surface area (Å²) in [7, 11) is 0. The van der Waals surface area contributed by atoms with Crippen molar-refractivity contribution in [2.24, 2.45) is 0 Å². The second-order valence-corrected chi connectivity index (χ2v) is 4.45. The van der Waals surface area contributed by atoms with Crippen molar-refractivity contribution >= 4 is 11.4 Å². The number of nitrogen functional groups attached to an aromatic ring is 2. The van der Waals surface area contributed by atoms with Gasteiger partial charge in [-0.3, -0.25) is 0 Å². The van der Waals surface area contributed by atoms with Crippen LogP contribution >= 0.6 is 0 Å². The molecule has 0 aliphatic heterocycles. The third kappa shape index (κ3) is 7.29. The number of aromatic hydroxyl groups is 3. The highest BCUT2D eigenvalue weighted by Gasteiger charge is 1.88. The zero-order chi connectivity index (χ0) is 17.1. The lowest BCUT2D eigenvalue weighted by atomic mass is 10.3. The molecule has 3 rings (SSSR count). The summed E-state index contributed by atoms with van der Waals surface area (Å²) in [5, 5.41) is 26.2. The van der Waals surface area contributed by atoms with Gasteiger partial charge in [-0.2, -0.15) is 0 Å². The minimum Gasteiger partial charge on any atom is -0.508 e. The molecule has 0 heterocycles. The molecule has 0 aliphatic rings. The first-order chi connectivity index (χ1) is 11.0. The van der Waals surface area contributed by atoms with Crippen molar-refractivity contribution in [3.63, 3.8) is 0 Å². The highest BCUT2D eigenvalue weighted by Crippen LogP contribution is 2.16. The van der Waals surface area contributed by atoms with E-state index in [2.05, 4.69) is 0 Å². The molecule has 0 unspecified atom stereocenters. The van der Waals surface area contributed by atoms with Crippen LogP contribution < -0.4 is 11.5 Å². The lowest BCUT2D eigenvalue weighted by molar-refractivity contribution is 0.475. The fourth-order valence-corrected chi connectivity index (χ4v) is 1.40. The number of phenolic OH excluding ortho intramolecular Hbond substituents is 3. The zero-order valence-electron chi connectivity index (χ0n) is 12.5. The van der Waals surface area contributed by atoms with Gasteiger partial charge in [0.1, 0.15) is 17.2 Å². The first-order valence-electron chi connectivity index (χ1n) is 6.81. The number of hydrogen-bond acceptors (Lipinski definition) is 5. The van der Waals surface area contributed by atoms with Crippen LogP contribution in [0.2, 0.25) is 0 Å². The average molecular weight is 312 g/mol. The number of nitrogens with two attached hydrogens (primary N) is 2. The SMILES string of the molecule is Nc1ccccc1O.Nc1ccccc1O.Oc1ccccc1. The van der Waals surface area contributed by atoms with Gasteiger partial charge >= 0.3 is 0 Å². The van der Waals surface area contributed by atoms with Crippen molar-refractivity contribution in [3.05, 3.63) is 78.9 Å². The summed E-state index contributed by atoms with van der Waals surface area (Å²) in [5.41, 5.74) is 11.4. The molecule has 5 heteroatoms. The van der Waals surface area contributed by atoms with Gasteiger partial charge in [0.05, 0.1) is 11.4 Å². The predicted octanol–water partition coefficient (Wildman–Crippen LogP) is 3.34. The number of para-hydroxylation sites is 5. The number of rotatable bonds is 0. The van der Waals surface area contributed by atoms with Crippen LogP contribution in [0.25, 0.3) is 0 Å². The summed E-state index contributed by atoms with van der Waals surface area (Å²) in [5.74, 6) is 0.613. The molecule has 120 valence electrons. The quantitative estimate of drug-likeness (QED) is 0.323. The van der Waals surface area contributed by atoms with E-state index in [1.807, 2.05) is 6.07 Å². The third-order valence-corrected chi connectivity index (χ3v) is 2.63. The second kappa shape index (κ2) is 9.57. The van der Waals surface area contributed by atoms with Crippen molar-refractivity contribution in [2.45, 2.75) is 0 Å². The minimum atomic E-state index is 0.146. The topological polar surface area (TPSA) is 113 Å². The molecule has 0 amide bonds. The summed E-state index contributed by atoms with van der Waals surface area (Å²) in [6.45, 7) is 0. The molecule has 0 radical (unpaired) electrons. The molecule has 0 aliphatic carbocycles. The highest BCUT2D eigenvalue weighted by atomic mass is 16.3. The molecular weight excluding hydrogens is 292 g/mol. The molecule has 3 aromatic carbocycles. The number of phenols is 3. The van der Waals surface area contributed by atoms with Crippen LogP contribution in [0.3, 0.4) is 0 Å². The molecule has 23 heavy (non-hydrogen) atoms. The smallest absolute Gasteiger partial charge is 0.138 e. The summed E-state index contributed by atoms with van der Waals surface area (Å²) in [6.07, 6.45) is 0. The fraction of sp³-hybridized carbons (Fsp3) is 0. The Morgan fingerprint density at radius 1 is 0.478 bits per heavy atom. The van der Waals surface area contributed by atoms with Crippen LogP contribution in [-0.4, -0.2) is 15.3 Å². The Morgan fingerprint density at radius 2 is 0.826 bits per heavy atom. The van der Waals surface area contributed by atoms with E-state index in [0.717, 1.165) is 0 Å². The first-order valence-corrected chi connectivity index (χ1v) is 6.81. The number of benzene rings is 3. The lowest BCUT2D eigenvalue weighted by Crippen LogP contribution is -1.82. The van der Waals surface area contributed by atoms with E-state index in [0.29, 0.717) is 17.1 Å². The van der Waals surface area contributed by atoms with Crippen LogP contribution in [0, 0.1) is 0 Å². The Bertz CT molecular complexity index is 618. The van der Waals surface area contributed by atoms with Gasteiger partial charge in [0.2, 0.25) is 0 Å². The van der Waals surface area contributed by atoms with Crippen LogP contribution in [0.5, 0.6) is 17.2 Å². The van der Waals surface area contributed by atoms with Crippen LogP contribution in [-0.2, 0) is 0 Å². The Hall–Kier alpha value is -3.34. The van der Waals surface area contributed by atoms with Gasteiger partial charge in [-0.05, 0) is 36.4 Å². The average Bonchev–Trinajstić information content (AvgIpc) is 2.55. The summed E-state index contributed by atoms with van der Waals surface area (Å²) < 4.78 is 0. The number of anilines is 2. The van der Waals surface area contributed by atoms with Gasteiger partial charge in [-0.15, -0.1) is 0 Å². The van der Waals surface area contributed by atoms with Gasteiger partial charge in [-0.25, -0.2) is 0 Å². The van der Waals surface area contributed by atoms with Crippen LogP contribution in [0.1, 0.15) is 0 Å². The van der Waals surface area contributed by atoms with E-state index >= 15 is 0 Å². The standard InChI is InChI=1S/2C6H7NO.C6H6O/c2*7-5-3-1-2-4-6(5)8;7-6-4-2-1-3-5-6/h2*1-4,8H,7H2;1-5,7H. The monoisotopic (exact) mass is 312 g/mol. The molecule has 7 N–H and O–H groups in total. The molecule has 0 fully saturated rings. The Balaban J connectivity index is 0.000000173. The fourth-order valence-electron chi connectivity index (χ4n) is 1.40. The van der Waals surface area contributed by atoms with E-state index in [-0.39, 0.29) is 11.5 Å². The molecule has 0 saturated carbocycles. The molecule has 0 atom stereocenters. The summed E-state index contributed by atoms with van der Waals surface area (Å²) >= 11 is 0. The van der Waals surface area contributed by atoms with E-state index in [4.69, 9.17) is 26.8 Å². The molecule has 0 spiro atoms. The second-order valence-electron chi connectivity index (χ2n) is 4.45. The van der Waals surface area contributed by atoms with Crippen molar-refractivity contribution in [1.29, 1.82) is 0 Å². The Morgan fingerprint density at radius 3 is 1.04 bits per heavy atom. The Labute approximate surface area is 135 Å². The summed E-state index contributed by atoms with van der Waals surface area (Å²) in [6, 6.07) is 22.1. The van der Waals surface area contributed by atoms with Crippen LogP contribution in [0.15, 0.2) is 78.9 Å². The minimum absolute atomic E-state index is 0.146. The van der Waals surface area contributed by atoms with E-state index < -0.39 is 0 Å². The van der Waals surface area contributed by atoms with Gasteiger partial charge in [0.25, 0.3) is 0 Å². The van der Waals surface area contributed by atoms with Crippen molar-refractivity contribution in [2.75, 3.05) is 11.5 Å². The highest BCUT2D eigenvalue weighted by molar-refractivity contribution is 5.51. The molecule has 5 nitrogen and oxygen atoms in total. The third-order valence-electron chi connectivity index (χ3n) is 2.63. The zero-order valence-corrected chi connectivity index (χ0v) is 12.5. The molecular formula is C18H20N2O3.